The van der Waals surface area contributed by atoms with Crippen LogP contribution in [0.25, 0.3) is 0 Å². The molecule has 0 spiro atoms. The van der Waals surface area contributed by atoms with E-state index in [0.29, 0.717) is 18.4 Å². The lowest BCUT2D eigenvalue weighted by Gasteiger charge is -2.22. The Kier molecular flexibility index (Phi) is 3.58. The number of para-hydroxylation sites is 2. The molecule has 5 nitrogen and oxygen atoms in total. The highest BCUT2D eigenvalue weighted by Gasteiger charge is 2.18. The third-order valence-corrected chi connectivity index (χ3v) is 3.49. The van der Waals surface area contributed by atoms with Gasteiger partial charge in [-0.1, -0.05) is 31.1 Å². The molecule has 1 aromatic heterocycles. The number of nitrogens with one attached hydrogen (secondary N) is 1. The molecule has 0 fully saturated rings. The van der Waals surface area contributed by atoms with Crippen LogP contribution in [-0.4, -0.2) is 23.2 Å². The van der Waals surface area contributed by atoms with Gasteiger partial charge >= 0.3 is 0 Å². The number of rotatable bonds is 3. The summed E-state index contributed by atoms with van der Waals surface area (Å²) in [6.07, 6.45) is 1.10. The zero-order valence-electron chi connectivity index (χ0n) is 12.0. The van der Waals surface area contributed by atoms with E-state index in [1.54, 1.807) is 0 Å². The number of aromatic nitrogens is 2. The molecular weight excluding hydrogens is 252 g/mol. The number of nitrogens with zero attached hydrogens (tertiary/aromatic N) is 3. The number of hydrogen-bond donors (Lipinski definition) is 1. The van der Waals surface area contributed by atoms with E-state index in [-0.39, 0.29) is 0 Å². The van der Waals surface area contributed by atoms with Gasteiger partial charge in [-0.15, -0.1) is 0 Å². The van der Waals surface area contributed by atoms with Crippen LogP contribution in [0.5, 0.6) is 0 Å². The Morgan fingerprint density at radius 3 is 3.00 bits per heavy atom. The molecule has 106 valence electrons. The smallest absolute Gasteiger partial charge is 0.246 e. The van der Waals surface area contributed by atoms with Gasteiger partial charge in [-0.25, -0.2) is 0 Å². The summed E-state index contributed by atoms with van der Waals surface area (Å²) >= 11 is 0. The second kappa shape index (κ2) is 5.53. The topological polar surface area (TPSA) is 54.2 Å². The molecule has 0 aliphatic carbocycles. The van der Waals surface area contributed by atoms with E-state index in [0.717, 1.165) is 25.3 Å². The van der Waals surface area contributed by atoms with Gasteiger partial charge in [0.05, 0.1) is 17.9 Å². The maximum atomic E-state index is 5.36. The van der Waals surface area contributed by atoms with Gasteiger partial charge in [0.25, 0.3) is 0 Å². The highest BCUT2D eigenvalue weighted by atomic mass is 16.5. The van der Waals surface area contributed by atoms with Gasteiger partial charge in [0.15, 0.2) is 5.82 Å². The zero-order valence-corrected chi connectivity index (χ0v) is 12.0. The Labute approximate surface area is 119 Å². The molecule has 5 heteroatoms. The molecule has 0 saturated carbocycles. The first kappa shape index (κ1) is 13.0. The standard InChI is InChI=1S/C15H20N4O/c1-11(2)15-17-14(20-18-15)10-19-9-5-8-16-12-6-3-4-7-13(12)19/h3-4,6-7,11,16H,5,8-10H2,1-2H3. The average molecular weight is 272 g/mol. The first-order valence-corrected chi connectivity index (χ1v) is 7.14. The Morgan fingerprint density at radius 2 is 2.20 bits per heavy atom. The molecule has 0 amide bonds. The van der Waals surface area contributed by atoms with E-state index >= 15 is 0 Å². The molecule has 1 aliphatic heterocycles. The van der Waals surface area contributed by atoms with Crippen LogP contribution in [0.3, 0.4) is 0 Å². The van der Waals surface area contributed by atoms with Crippen molar-refractivity contribution in [2.24, 2.45) is 0 Å². The summed E-state index contributed by atoms with van der Waals surface area (Å²) in [6, 6.07) is 8.36. The van der Waals surface area contributed by atoms with Gasteiger partial charge in [0.2, 0.25) is 5.89 Å². The van der Waals surface area contributed by atoms with Crippen LogP contribution < -0.4 is 10.2 Å². The minimum Gasteiger partial charge on any atom is -0.383 e. The summed E-state index contributed by atoms with van der Waals surface area (Å²) in [5.74, 6) is 1.76. The number of fused-ring (bicyclic) bond motifs is 1. The summed E-state index contributed by atoms with van der Waals surface area (Å²) in [5.41, 5.74) is 2.38. The molecule has 1 aliphatic rings. The molecular formula is C15H20N4O. The largest absolute Gasteiger partial charge is 0.383 e. The van der Waals surface area contributed by atoms with Crippen molar-refractivity contribution in [1.82, 2.24) is 10.1 Å². The Bertz CT molecular complexity index is 579. The van der Waals surface area contributed by atoms with Gasteiger partial charge in [-0.3, -0.25) is 0 Å². The fourth-order valence-corrected chi connectivity index (χ4v) is 2.41. The molecule has 3 rings (SSSR count). The van der Waals surface area contributed by atoms with Crippen molar-refractivity contribution in [1.29, 1.82) is 0 Å². The van der Waals surface area contributed by atoms with Gasteiger partial charge in [-0.2, -0.15) is 4.98 Å². The normalized spacial score (nSPS) is 14.8. The summed E-state index contributed by atoms with van der Waals surface area (Å²) < 4.78 is 5.36. The second-order valence-corrected chi connectivity index (χ2v) is 5.42. The molecule has 1 aromatic carbocycles. The van der Waals surface area contributed by atoms with Crippen LogP contribution in [0.15, 0.2) is 28.8 Å². The average Bonchev–Trinajstić information content (AvgIpc) is 2.82. The minimum absolute atomic E-state index is 0.297. The first-order chi connectivity index (χ1) is 9.74. The van der Waals surface area contributed by atoms with E-state index in [1.807, 2.05) is 0 Å². The predicted molar refractivity (Wildman–Crippen MR) is 79.0 cm³/mol. The van der Waals surface area contributed by atoms with Crippen LogP contribution in [0, 0.1) is 0 Å². The lowest BCUT2D eigenvalue weighted by Crippen LogP contribution is -2.23. The summed E-state index contributed by atoms with van der Waals surface area (Å²) in [7, 11) is 0. The maximum absolute atomic E-state index is 5.36. The monoisotopic (exact) mass is 272 g/mol. The van der Waals surface area contributed by atoms with E-state index in [4.69, 9.17) is 4.52 Å². The highest BCUT2D eigenvalue weighted by molar-refractivity contribution is 5.70. The molecule has 0 saturated heterocycles. The van der Waals surface area contributed by atoms with Crippen LogP contribution in [0.1, 0.15) is 37.9 Å². The minimum atomic E-state index is 0.297. The van der Waals surface area contributed by atoms with Crippen molar-refractivity contribution in [3.8, 4) is 0 Å². The fraction of sp³-hybridized carbons (Fsp3) is 0.467. The zero-order chi connectivity index (χ0) is 13.9. The predicted octanol–water partition coefficient (Wildman–Crippen LogP) is 3.02. The maximum Gasteiger partial charge on any atom is 0.246 e. The summed E-state index contributed by atoms with van der Waals surface area (Å²) in [5, 5.41) is 7.49. The molecule has 2 heterocycles. The van der Waals surface area contributed by atoms with Crippen molar-refractivity contribution < 1.29 is 4.52 Å². The SMILES string of the molecule is CC(C)c1noc(CN2CCCNc3ccccc32)n1. The molecule has 2 aromatic rings. The van der Waals surface area contributed by atoms with E-state index < -0.39 is 0 Å². The lowest BCUT2D eigenvalue weighted by atomic mass is 10.2. The molecule has 1 N–H and O–H groups in total. The van der Waals surface area contributed by atoms with E-state index in [1.165, 1.54) is 11.4 Å². The molecule has 20 heavy (non-hydrogen) atoms. The lowest BCUT2D eigenvalue weighted by molar-refractivity contribution is 0.369. The van der Waals surface area contributed by atoms with Gasteiger partial charge in [0.1, 0.15) is 0 Å². The third kappa shape index (κ3) is 2.61. The fourth-order valence-electron chi connectivity index (χ4n) is 2.41. The quantitative estimate of drug-likeness (QED) is 0.930. The number of benzene rings is 1. The Balaban J connectivity index is 1.82. The molecule has 0 bridgehead atoms. The third-order valence-electron chi connectivity index (χ3n) is 3.49. The van der Waals surface area contributed by atoms with Gasteiger partial charge in [-0.05, 0) is 18.6 Å². The van der Waals surface area contributed by atoms with Crippen LogP contribution in [0.2, 0.25) is 0 Å². The first-order valence-electron chi connectivity index (χ1n) is 7.14. The number of hydrogen-bond acceptors (Lipinski definition) is 5. The van der Waals surface area contributed by atoms with Crippen molar-refractivity contribution in [3.63, 3.8) is 0 Å². The van der Waals surface area contributed by atoms with E-state index in [9.17, 15) is 0 Å². The highest BCUT2D eigenvalue weighted by Crippen LogP contribution is 2.29. The van der Waals surface area contributed by atoms with Crippen LogP contribution >= 0.6 is 0 Å². The summed E-state index contributed by atoms with van der Waals surface area (Å²) in [6.45, 7) is 6.79. The Hall–Kier alpha value is -2.04. The van der Waals surface area contributed by atoms with Gasteiger partial charge in [0, 0.05) is 19.0 Å². The van der Waals surface area contributed by atoms with Crippen molar-refractivity contribution in [2.75, 3.05) is 23.3 Å². The van der Waals surface area contributed by atoms with Crippen LogP contribution in [-0.2, 0) is 6.54 Å². The second-order valence-electron chi connectivity index (χ2n) is 5.42. The molecule has 0 unspecified atom stereocenters. The van der Waals surface area contributed by atoms with Crippen molar-refractivity contribution in [2.45, 2.75) is 32.7 Å². The molecule has 0 atom stereocenters. The summed E-state index contributed by atoms with van der Waals surface area (Å²) in [4.78, 5) is 6.77. The van der Waals surface area contributed by atoms with Gasteiger partial charge < -0.3 is 14.7 Å². The number of anilines is 2. The van der Waals surface area contributed by atoms with Crippen molar-refractivity contribution >= 4 is 11.4 Å². The molecule has 0 radical (unpaired) electrons. The Morgan fingerprint density at radius 1 is 1.35 bits per heavy atom. The van der Waals surface area contributed by atoms with E-state index in [2.05, 4.69) is 58.5 Å². The van der Waals surface area contributed by atoms with Crippen LogP contribution in [0.4, 0.5) is 11.4 Å². The van der Waals surface area contributed by atoms with Crippen molar-refractivity contribution in [3.05, 3.63) is 36.0 Å².